The Kier molecular flexibility index (Phi) is 9.12. The van der Waals surface area contributed by atoms with Crippen LogP contribution in [0.25, 0.3) is 0 Å². The smallest absolute Gasteiger partial charge is 0.194 e. The molecule has 2 rings (SSSR count). The highest BCUT2D eigenvalue weighted by atomic mass is 127. The van der Waals surface area contributed by atoms with E-state index in [0.717, 1.165) is 28.9 Å². The van der Waals surface area contributed by atoms with Gasteiger partial charge < -0.3 is 15.1 Å². The zero-order chi connectivity index (χ0) is 17.5. The summed E-state index contributed by atoms with van der Waals surface area (Å²) in [7, 11) is 5.93. The van der Waals surface area contributed by atoms with E-state index >= 15 is 0 Å². The molecule has 138 valence electrons. The number of hydrogen-bond donors (Lipinski definition) is 1. The third-order valence-corrected chi connectivity index (χ3v) is 4.40. The second kappa shape index (κ2) is 10.5. The van der Waals surface area contributed by atoms with Gasteiger partial charge in [0.25, 0.3) is 0 Å². The van der Waals surface area contributed by atoms with E-state index < -0.39 is 0 Å². The molecule has 0 atom stereocenters. The van der Waals surface area contributed by atoms with Gasteiger partial charge in [-0.2, -0.15) is 0 Å². The quantitative estimate of drug-likeness (QED) is 0.393. The molecule has 0 aliphatic carbocycles. The van der Waals surface area contributed by atoms with Gasteiger partial charge >= 0.3 is 0 Å². The summed E-state index contributed by atoms with van der Waals surface area (Å²) in [5.74, 6) is 0.587. The number of aliphatic imine (C=N–C) groups is 1. The van der Waals surface area contributed by atoms with Crippen molar-refractivity contribution in [1.29, 1.82) is 0 Å². The second-order valence-electron chi connectivity index (χ2n) is 5.67. The molecule has 2 aromatic rings. The lowest BCUT2D eigenvalue weighted by Crippen LogP contribution is -2.38. The Morgan fingerprint density at radius 1 is 1.24 bits per heavy atom. The topological polar surface area (TPSA) is 43.8 Å². The average Bonchev–Trinajstić information content (AvgIpc) is 3.02. The molecular formula is C17H25FIN5S. The van der Waals surface area contributed by atoms with Crippen molar-refractivity contribution in [1.82, 2.24) is 15.2 Å². The fraction of sp³-hybridized carbons (Fsp3) is 0.412. The van der Waals surface area contributed by atoms with Gasteiger partial charge in [-0.25, -0.2) is 14.4 Å². The summed E-state index contributed by atoms with van der Waals surface area (Å²) in [5, 5.41) is 6.29. The summed E-state index contributed by atoms with van der Waals surface area (Å²) in [6.45, 7) is 4.01. The molecule has 0 aliphatic rings. The highest BCUT2D eigenvalue weighted by Gasteiger charge is 2.08. The molecule has 0 amide bonds. The first-order valence-corrected chi connectivity index (χ1v) is 8.73. The lowest BCUT2D eigenvalue weighted by molar-refractivity contribution is 0.476. The lowest BCUT2D eigenvalue weighted by atomic mass is 10.2. The first-order valence-electron chi connectivity index (χ1n) is 7.85. The summed E-state index contributed by atoms with van der Waals surface area (Å²) in [4.78, 5) is 13.2. The Morgan fingerprint density at radius 3 is 2.48 bits per heavy atom. The molecule has 0 saturated carbocycles. The summed E-state index contributed by atoms with van der Waals surface area (Å²) >= 11 is 1.61. The molecular weight excluding hydrogens is 452 g/mol. The van der Waals surface area contributed by atoms with Gasteiger partial charge in [0.05, 0.1) is 12.2 Å². The van der Waals surface area contributed by atoms with Crippen LogP contribution in [0.4, 0.5) is 9.52 Å². The van der Waals surface area contributed by atoms with E-state index in [1.807, 2.05) is 43.2 Å². The van der Waals surface area contributed by atoms with Gasteiger partial charge in [-0.1, -0.05) is 12.1 Å². The number of rotatable bonds is 6. The van der Waals surface area contributed by atoms with Crippen molar-refractivity contribution in [3.8, 4) is 0 Å². The minimum absolute atomic E-state index is 0. The molecule has 0 radical (unpaired) electrons. The number of guanidine groups is 1. The molecule has 0 bridgehead atoms. The van der Waals surface area contributed by atoms with Crippen molar-refractivity contribution < 1.29 is 4.39 Å². The second-order valence-corrected chi connectivity index (χ2v) is 6.51. The van der Waals surface area contributed by atoms with Crippen LogP contribution >= 0.6 is 35.3 Å². The summed E-state index contributed by atoms with van der Waals surface area (Å²) in [5.41, 5.74) is 1.99. The molecule has 0 aliphatic heterocycles. The zero-order valence-electron chi connectivity index (χ0n) is 15.0. The third-order valence-electron chi connectivity index (χ3n) is 3.34. The van der Waals surface area contributed by atoms with Crippen molar-refractivity contribution in [2.75, 3.05) is 32.6 Å². The van der Waals surface area contributed by atoms with E-state index in [9.17, 15) is 4.39 Å². The van der Waals surface area contributed by atoms with E-state index in [4.69, 9.17) is 0 Å². The number of thiazole rings is 1. The number of halogens is 2. The van der Waals surface area contributed by atoms with Gasteiger partial charge in [-0.3, -0.25) is 0 Å². The largest absolute Gasteiger partial charge is 0.357 e. The third kappa shape index (κ3) is 6.77. The highest BCUT2D eigenvalue weighted by Crippen LogP contribution is 2.18. The van der Waals surface area contributed by atoms with Crippen LogP contribution in [0, 0.1) is 5.82 Å². The van der Waals surface area contributed by atoms with E-state index in [-0.39, 0.29) is 29.8 Å². The molecule has 0 saturated heterocycles. The predicted molar refractivity (Wildman–Crippen MR) is 115 cm³/mol. The number of aromatic nitrogens is 1. The molecule has 5 nitrogen and oxygen atoms in total. The Balaban J connectivity index is 0.00000312. The van der Waals surface area contributed by atoms with Crippen LogP contribution in [-0.4, -0.2) is 43.5 Å². The van der Waals surface area contributed by atoms with Gasteiger partial charge in [-0.05, 0) is 24.6 Å². The van der Waals surface area contributed by atoms with Crippen LogP contribution in [0.1, 0.15) is 18.2 Å². The van der Waals surface area contributed by atoms with Crippen molar-refractivity contribution in [3.63, 3.8) is 0 Å². The van der Waals surface area contributed by atoms with Crippen LogP contribution in [0.5, 0.6) is 0 Å². The summed E-state index contributed by atoms with van der Waals surface area (Å²) in [6.07, 6.45) is 0. The molecule has 0 spiro atoms. The van der Waals surface area contributed by atoms with Gasteiger partial charge in [0.15, 0.2) is 11.1 Å². The summed E-state index contributed by atoms with van der Waals surface area (Å²) < 4.78 is 13.0. The van der Waals surface area contributed by atoms with Gasteiger partial charge in [0.1, 0.15) is 5.82 Å². The fourth-order valence-electron chi connectivity index (χ4n) is 2.14. The molecule has 1 heterocycles. The maximum absolute atomic E-state index is 13.0. The minimum Gasteiger partial charge on any atom is -0.357 e. The van der Waals surface area contributed by atoms with Gasteiger partial charge in [0.2, 0.25) is 0 Å². The standard InChI is InChI=1S/C17H24FN5S.HI/c1-5-19-16(20-10-15-12-24-17(21-15)22(2)3)23(4)11-13-6-8-14(18)9-7-13;/h6-9,12H,5,10-11H2,1-4H3,(H,19,20);1H. The van der Waals surface area contributed by atoms with Crippen LogP contribution in [0.3, 0.4) is 0 Å². The Labute approximate surface area is 170 Å². The van der Waals surface area contributed by atoms with Crippen LogP contribution in [0.2, 0.25) is 0 Å². The Morgan fingerprint density at radius 2 is 1.92 bits per heavy atom. The number of anilines is 1. The Bertz CT molecular complexity index is 672. The average molecular weight is 477 g/mol. The van der Waals surface area contributed by atoms with E-state index in [2.05, 4.69) is 15.3 Å². The van der Waals surface area contributed by atoms with Crippen molar-refractivity contribution in [2.45, 2.75) is 20.0 Å². The molecule has 1 N–H and O–H groups in total. The normalized spacial score (nSPS) is 11.0. The van der Waals surface area contributed by atoms with Crippen LogP contribution in [-0.2, 0) is 13.1 Å². The molecule has 1 aromatic carbocycles. The minimum atomic E-state index is -0.220. The lowest BCUT2D eigenvalue weighted by Gasteiger charge is -2.22. The monoisotopic (exact) mass is 477 g/mol. The highest BCUT2D eigenvalue weighted by molar-refractivity contribution is 14.0. The number of benzene rings is 1. The van der Waals surface area contributed by atoms with Crippen molar-refractivity contribution >= 4 is 46.4 Å². The maximum Gasteiger partial charge on any atom is 0.194 e. The molecule has 1 aromatic heterocycles. The van der Waals surface area contributed by atoms with Gasteiger partial charge in [0, 0.05) is 39.6 Å². The summed E-state index contributed by atoms with van der Waals surface area (Å²) in [6, 6.07) is 6.54. The van der Waals surface area contributed by atoms with Crippen molar-refractivity contribution in [2.24, 2.45) is 4.99 Å². The SMILES string of the molecule is CCNC(=NCc1csc(N(C)C)n1)N(C)Cc1ccc(F)cc1.I. The fourth-order valence-corrected chi connectivity index (χ4v) is 2.89. The Hall–Kier alpha value is -1.42. The van der Waals surface area contributed by atoms with Crippen molar-refractivity contribution in [3.05, 3.63) is 46.7 Å². The first-order chi connectivity index (χ1) is 11.5. The molecule has 25 heavy (non-hydrogen) atoms. The van der Waals surface area contributed by atoms with Crippen LogP contribution < -0.4 is 10.2 Å². The number of nitrogens with zero attached hydrogens (tertiary/aromatic N) is 4. The molecule has 0 fully saturated rings. The van der Waals surface area contributed by atoms with Crippen LogP contribution in [0.15, 0.2) is 34.6 Å². The zero-order valence-corrected chi connectivity index (χ0v) is 18.1. The van der Waals surface area contributed by atoms with E-state index in [1.165, 1.54) is 12.1 Å². The van der Waals surface area contributed by atoms with E-state index in [0.29, 0.717) is 13.1 Å². The molecule has 0 unspecified atom stereocenters. The maximum atomic E-state index is 13.0. The first kappa shape index (κ1) is 21.6. The number of nitrogens with one attached hydrogen (secondary N) is 1. The van der Waals surface area contributed by atoms with E-state index in [1.54, 1.807) is 23.5 Å². The molecule has 8 heteroatoms. The predicted octanol–water partition coefficient (Wildman–Crippen LogP) is 3.56. The van der Waals surface area contributed by atoms with Gasteiger partial charge in [-0.15, -0.1) is 35.3 Å². The number of hydrogen-bond acceptors (Lipinski definition) is 4.